The number of alkyl halides is 1. The van der Waals surface area contributed by atoms with Crippen LogP contribution in [0.15, 0.2) is 46.9 Å². The Bertz CT molecular complexity index is 781. The second-order valence-electron chi connectivity index (χ2n) is 4.93. The van der Waals surface area contributed by atoms with Gasteiger partial charge < -0.3 is 4.57 Å². The number of nitrogens with zero attached hydrogens (tertiary/aromatic N) is 2. The molecule has 0 aliphatic heterocycles. The van der Waals surface area contributed by atoms with Crippen LogP contribution in [0.1, 0.15) is 23.7 Å². The Hall–Kier alpha value is -1.39. The molecule has 1 atom stereocenters. The molecule has 0 aliphatic rings. The van der Waals surface area contributed by atoms with Crippen LogP contribution >= 0.6 is 27.5 Å². The highest BCUT2D eigenvalue weighted by molar-refractivity contribution is 9.10. The molecule has 0 N–H and O–H groups in total. The third-order valence-corrected chi connectivity index (χ3v) is 4.04. The third-order valence-electron chi connectivity index (χ3n) is 3.35. The van der Waals surface area contributed by atoms with E-state index in [1.54, 1.807) is 12.1 Å². The molecule has 2 nitrogen and oxygen atoms in total. The fourth-order valence-corrected chi connectivity index (χ4v) is 2.88. The SMILES string of the molecule is CC(Cl)c1nc2cc(Br)ccc2n1Cc1ccc(F)cc1. The van der Waals surface area contributed by atoms with Crippen LogP contribution in [0.5, 0.6) is 0 Å². The summed E-state index contributed by atoms with van der Waals surface area (Å²) < 4.78 is 16.1. The van der Waals surface area contributed by atoms with Crippen molar-refractivity contribution in [3.05, 3.63) is 64.1 Å². The maximum absolute atomic E-state index is 13.0. The molecule has 0 fully saturated rings. The first kappa shape index (κ1) is 14.5. The van der Waals surface area contributed by atoms with Gasteiger partial charge in [0.2, 0.25) is 0 Å². The molecule has 1 heterocycles. The fourth-order valence-electron chi connectivity index (χ4n) is 2.36. The van der Waals surface area contributed by atoms with Gasteiger partial charge in [-0.15, -0.1) is 11.6 Å². The van der Waals surface area contributed by atoms with Gasteiger partial charge >= 0.3 is 0 Å². The summed E-state index contributed by atoms with van der Waals surface area (Å²) in [7, 11) is 0. The lowest BCUT2D eigenvalue weighted by Crippen LogP contribution is -2.05. The first-order valence-corrected chi connectivity index (χ1v) is 7.82. The molecule has 3 aromatic rings. The van der Waals surface area contributed by atoms with E-state index in [1.807, 2.05) is 25.1 Å². The number of aromatic nitrogens is 2. The Morgan fingerprint density at radius 2 is 1.95 bits per heavy atom. The summed E-state index contributed by atoms with van der Waals surface area (Å²) in [5.74, 6) is 0.582. The maximum Gasteiger partial charge on any atom is 0.128 e. The molecule has 0 amide bonds. The van der Waals surface area contributed by atoms with E-state index in [0.29, 0.717) is 6.54 Å². The topological polar surface area (TPSA) is 17.8 Å². The second-order valence-corrected chi connectivity index (χ2v) is 6.50. The first-order valence-electron chi connectivity index (χ1n) is 6.59. The Morgan fingerprint density at radius 1 is 1.24 bits per heavy atom. The van der Waals surface area contributed by atoms with Gasteiger partial charge in [-0.25, -0.2) is 9.37 Å². The Labute approximate surface area is 135 Å². The number of halogens is 3. The predicted molar refractivity (Wildman–Crippen MR) is 87.2 cm³/mol. The van der Waals surface area contributed by atoms with Gasteiger partial charge in [0.25, 0.3) is 0 Å². The molecule has 3 rings (SSSR count). The zero-order valence-electron chi connectivity index (χ0n) is 11.4. The summed E-state index contributed by atoms with van der Waals surface area (Å²) >= 11 is 9.71. The van der Waals surface area contributed by atoms with Crippen molar-refractivity contribution in [3.8, 4) is 0 Å². The maximum atomic E-state index is 13.0. The molecule has 1 aromatic heterocycles. The largest absolute Gasteiger partial charge is 0.322 e. The van der Waals surface area contributed by atoms with Crippen LogP contribution < -0.4 is 0 Å². The van der Waals surface area contributed by atoms with E-state index < -0.39 is 0 Å². The highest BCUT2D eigenvalue weighted by Crippen LogP contribution is 2.27. The number of fused-ring (bicyclic) bond motifs is 1. The van der Waals surface area contributed by atoms with Crippen LogP contribution in [0, 0.1) is 5.82 Å². The third kappa shape index (κ3) is 2.97. The molecule has 5 heteroatoms. The van der Waals surface area contributed by atoms with Gasteiger partial charge in [0.05, 0.1) is 16.4 Å². The lowest BCUT2D eigenvalue weighted by molar-refractivity contribution is 0.626. The molecule has 0 bridgehead atoms. The number of hydrogen-bond donors (Lipinski definition) is 0. The highest BCUT2D eigenvalue weighted by Gasteiger charge is 2.15. The van der Waals surface area contributed by atoms with Crippen molar-refractivity contribution in [3.63, 3.8) is 0 Å². The van der Waals surface area contributed by atoms with Crippen LogP contribution in [-0.4, -0.2) is 9.55 Å². The summed E-state index contributed by atoms with van der Waals surface area (Å²) in [5.41, 5.74) is 2.93. The van der Waals surface area contributed by atoms with Gasteiger partial charge in [-0.1, -0.05) is 28.1 Å². The minimum absolute atomic E-state index is 0.198. The predicted octanol–water partition coefficient (Wildman–Crippen LogP) is 5.29. The smallest absolute Gasteiger partial charge is 0.128 e. The Balaban J connectivity index is 2.10. The number of imidazole rings is 1. The second kappa shape index (κ2) is 5.78. The lowest BCUT2D eigenvalue weighted by atomic mass is 10.2. The van der Waals surface area contributed by atoms with Crippen LogP contribution in [0.25, 0.3) is 11.0 Å². The Kier molecular flexibility index (Phi) is 4.00. The molecular weight excluding hydrogens is 355 g/mol. The van der Waals surface area contributed by atoms with E-state index in [1.165, 1.54) is 12.1 Å². The number of benzene rings is 2. The summed E-state index contributed by atoms with van der Waals surface area (Å²) in [6, 6.07) is 12.5. The first-order chi connectivity index (χ1) is 10.0. The van der Waals surface area contributed by atoms with Crippen molar-refractivity contribution < 1.29 is 4.39 Å². The molecule has 0 saturated carbocycles. The van der Waals surface area contributed by atoms with Gasteiger partial charge in [0.1, 0.15) is 11.6 Å². The fraction of sp³-hybridized carbons (Fsp3) is 0.188. The van der Waals surface area contributed by atoms with E-state index in [-0.39, 0.29) is 11.2 Å². The van der Waals surface area contributed by atoms with Crippen molar-refractivity contribution in [1.82, 2.24) is 9.55 Å². The zero-order valence-corrected chi connectivity index (χ0v) is 13.7. The van der Waals surface area contributed by atoms with Crippen LogP contribution in [0.3, 0.4) is 0 Å². The van der Waals surface area contributed by atoms with Crippen molar-refractivity contribution in [1.29, 1.82) is 0 Å². The van der Waals surface area contributed by atoms with E-state index in [0.717, 1.165) is 26.9 Å². The quantitative estimate of drug-likeness (QED) is 0.575. The summed E-state index contributed by atoms with van der Waals surface area (Å²) in [6.45, 7) is 2.52. The highest BCUT2D eigenvalue weighted by atomic mass is 79.9. The van der Waals surface area contributed by atoms with Crippen LogP contribution in [-0.2, 0) is 6.54 Å². The minimum Gasteiger partial charge on any atom is -0.322 e. The average Bonchev–Trinajstić information content (AvgIpc) is 2.79. The zero-order chi connectivity index (χ0) is 15.0. The molecule has 2 aromatic carbocycles. The molecule has 0 spiro atoms. The van der Waals surface area contributed by atoms with Gasteiger partial charge in [-0.3, -0.25) is 0 Å². The monoisotopic (exact) mass is 366 g/mol. The van der Waals surface area contributed by atoms with Gasteiger partial charge in [-0.05, 0) is 42.8 Å². The molecule has 0 saturated heterocycles. The normalized spacial score (nSPS) is 12.8. The van der Waals surface area contributed by atoms with E-state index >= 15 is 0 Å². The average molecular weight is 368 g/mol. The summed E-state index contributed by atoms with van der Waals surface area (Å²) in [4.78, 5) is 4.61. The Morgan fingerprint density at radius 3 is 2.62 bits per heavy atom. The summed E-state index contributed by atoms with van der Waals surface area (Å²) in [5, 5.41) is -0.198. The van der Waals surface area contributed by atoms with E-state index in [2.05, 4.69) is 25.5 Å². The summed E-state index contributed by atoms with van der Waals surface area (Å²) in [6.07, 6.45) is 0. The minimum atomic E-state index is -0.232. The van der Waals surface area contributed by atoms with Gasteiger partial charge in [0.15, 0.2) is 0 Å². The lowest BCUT2D eigenvalue weighted by Gasteiger charge is -2.10. The number of rotatable bonds is 3. The van der Waals surface area contributed by atoms with E-state index in [4.69, 9.17) is 11.6 Å². The number of hydrogen-bond acceptors (Lipinski definition) is 1. The van der Waals surface area contributed by atoms with Crippen molar-refractivity contribution >= 4 is 38.6 Å². The van der Waals surface area contributed by atoms with E-state index in [9.17, 15) is 4.39 Å². The molecule has 1 unspecified atom stereocenters. The van der Waals surface area contributed by atoms with Crippen molar-refractivity contribution in [2.75, 3.05) is 0 Å². The van der Waals surface area contributed by atoms with Crippen molar-refractivity contribution in [2.24, 2.45) is 0 Å². The molecular formula is C16H13BrClFN2. The van der Waals surface area contributed by atoms with Gasteiger partial charge in [0, 0.05) is 11.0 Å². The van der Waals surface area contributed by atoms with Crippen LogP contribution in [0.2, 0.25) is 0 Å². The molecule has 21 heavy (non-hydrogen) atoms. The standard InChI is InChI=1S/C16H13BrClFN2/c1-10(18)16-20-14-8-12(17)4-7-15(14)21(16)9-11-2-5-13(19)6-3-11/h2-8,10H,9H2,1H3. The molecule has 0 aliphatic carbocycles. The van der Waals surface area contributed by atoms with Crippen molar-refractivity contribution in [2.45, 2.75) is 18.8 Å². The van der Waals surface area contributed by atoms with Crippen LogP contribution in [0.4, 0.5) is 4.39 Å². The molecule has 108 valence electrons. The van der Waals surface area contributed by atoms with Gasteiger partial charge in [-0.2, -0.15) is 0 Å². The molecule has 0 radical (unpaired) electrons.